The van der Waals surface area contributed by atoms with Crippen molar-refractivity contribution in [1.29, 1.82) is 0 Å². The SMILES string of the molecule is NC(=O)CS(=O)(=O)OCCCCI. The second-order valence-corrected chi connectivity index (χ2v) is 5.10. The van der Waals surface area contributed by atoms with Gasteiger partial charge < -0.3 is 5.73 Å². The van der Waals surface area contributed by atoms with Crippen LogP contribution in [0, 0.1) is 0 Å². The number of amides is 1. The van der Waals surface area contributed by atoms with Crippen molar-refractivity contribution in [3.63, 3.8) is 0 Å². The zero-order valence-electron chi connectivity index (χ0n) is 7.03. The third-order valence-corrected chi connectivity index (χ3v) is 3.04. The summed E-state index contributed by atoms with van der Waals surface area (Å²) in [5, 5.41) is 0. The van der Waals surface area contributed by atoms with Crippen molar-refractivity contribution < 1.29 is 17.4 Å². The predicted molar refractivity (Wildman–Crippen MR) is 57.1 cm³/mol. The number of unbranched alkanes of at least 4 members (excludes halogenated alkanes) is 1. The number of primary amides is 1. The Morgan fingerprint density at radius 3 is 2.46 bits per heavy atom. The summed E-state index contributed by atoms with van der Waals surface area (Å²) in [5.74, 6) is -1.63. The van der Waals surface area contributed by atoms with Gasteiger partial charge in [-0.1, -0.05) is 22.6 Å². The lowest BCUT2D eigenvalue weighted by atomic mass is 10.4. The molecule has 0 heterocycles. The molecule has 0 spiro atoms. The molecule has 0 aliphatic heterocycles. The largest absolute Gasteiger partial charge is 0.369 e. The van der Waals surface area contributed by atoms with E-state index in [1.165, 1.54) is 0 Å². The van der Waals surface area contributed by atoms with Gasteiger partial charge >= 0.3 is 0 Å². The summed E-state index contributed by atoms with van der Waals surface area (Å²) in [6, 6.07) is 0. The third kappa shape index (κ3) is 8.44. The molecule has 0 rings (SSSR count). The van der Waals surface area contributed by atoms with Crippen LogP contribution in [0.1, 0.15) is 12.8 Å². The van der Waals surface area contributed by atoms with E-state index >= 15 is 0 Å². The van der Waals surface area contributed by atoms with Crippen LogP contribution in [0.3, 0.4) is 0 Å². The van der Waals surface area contributed by atoms with Crippen LogP contribution in [0.2, 0.25) is 0 Å². The Hall–Kier alpha value is 0.110. The maximum Gasteiger partial charge on any atom is 0.276 e. The fourth-order valence-corrected chi connectivity index (χ4v) is 1.94. The highest BCUT2D eigenvalue weighted by Gasteiger charge is 2.14. The zero-order chi connectivity index (χ0) is 10.3. The molecule has 0 unspecified atom stereocenters. The molecule has 0 aliphatic rings. The number of hydrogen-bond acceptors (Lipinski definition) is 4. The average molecular weight is 321 g/mol. The van der Waals surface area contributed by atoms with E-state index in [0.717, 1.165) is 10.8 Å². The molecule has 0 bridgehead atoms. The van der Waals surface area contributed by atoms with Crippen molar-refractivity contribution in [2.45, 2.75) is 12.8 Å². The minimum absolute atomic E-state index is 0.124. The highest BCUT2D eigenvalue weighted by molar-refractivity contribution is 14.1. The number of rotatable bonds is 7. The van der Waals surface area contributed by atoms with Crippen molar-refractivity contribution in [3.05, 3.63) is 0 Å². The van der Waals surface area contributed by atoms with Crippen molar-refractivity contribution in [3.8, 4) is 0 Å². The van der Waals surface area contributed by atoms with Gasteiger partial charge in [-0.25, -0.2) is 0 Å². The van der Waals surface area contributed by atoms with Gasteiger partial charge in [-0.3, -0.25) is 8.98 Å². The quantitative estimate of drug-likeness (QED) is 0.310. The van der Waals surface area contributed by atoms with Crippen molar-refractivity contribution in [1.82, 2.24) is 0 Å². The number of alkyl halides is 1. The van der Waals surface area contributed by atoms with E-state index in [2.05, 4.69) is 26.8 Å². The summed E-state index contributed by atoms with van der Waals surface area (Å²) in [5.41, 5.74) is 4.71. The topological polar surface area (TPSA) is 86.5 Å². The van der Waals surface area contributed by atoms with Gasteiger partial charge in [-0.15, -0.1) is 0 Å². The highest BCUT2D eigenvalue weighted by Crippen LogP contribution is 1.99. The Bertz CT molecular complexity index is 251. The van der Waals surface area contributed by atoms with Gasteiger partial charge in [0.15, 0.2) is 5.75 Å². The van der Waals surface area contributed by atoms with E-state index < -0.39 is 21.8 Å². The van der Waals surface area contributed by atoms with E-state index in [1.807, 2.05) is 0 Å². The van der Waals surface area contributed by atoms with Crippen LogP contribution < -0.4 is 5.73 Å². The lowest BCUT2D eigenvalue weighted by molar-refractivity contribution is -0.115. The minimum atomic E-state index is -3.74. The number of carbonyl (C=O) groups is 1. The lowest BCUT2D eigenvalue weighted by Gasteiger charge is -2.02. The van der Waals surface area contributed by atoms with E-state index in [-0.39, 0.29) is 6.61 Å². The van der Waals surface area contributed by atoms with Gasteiger partial charge in [0.05, 0.1) is 6.61 Å². The molecular weight excluding hydrogens is 309 g/mol. The van der Waals surface area contributed by atoms with Gasteiger partial charge in [0.1, 0.15) is 0 Å². The van der Waals surface area contributed by atoms with E-state index in [0.29, 0.717) is 6.42 Å². The van der Waals surface area contributed by atoms with Crippen LogP contribution in [-0.2, 0) is 19.1 Å². The first kappa shape index (κ1) is 13.1. The molecule has 0 radical (unpaired) electrons. The predicted octanol–water partition coefficient (Wildman–Crippen LogP) is 0.0333. The smallest absolute Gasteiger partial charge is 0.276 e. The maximum absolute atomic E-state index is 10.9. The number of hydrogen-bond donors (Lipinski definition) is 1. The Morgan fingerprint density at radius 1 is 1.38 bits per heavy atom. The maximum atomic E-state index is 10.9. The van der Waals surface area contributed by atoms with E-state index in [4.69, 9.17) is 5.73 Å². The first-order valence-electron chi connectivity index (χ1n) is 3.69. The summed E-state index contributed by atoms with van der Waals surface area (Å²) in [6.07, 6.45) is 1.56. The second-order valence-electron chi connectivity index (χ2n) is 2.39. The molecule has 1 amide bonds. The summed E-state index contributed by atoms with van der Waals surface area (Å²) in [4.78, 5) is 10.3. The summed E-state index contributed by atoms with van der Waals surface area (Å²) >= 11 is 2.19. The molecule has 0 aromatic rings. The van der Waals surface area contributed by atoms with Crippen LogP contribution in [0.5, 0.6) is 0 Å². The molecule has 0 saturated heterocycles. The molecule has 0 saturated carbocycles. The molecule has 13 heavy (non-hydrogen) atoms. The molecular formula is C6H12INO4S. The Kier molecular flexibility index (Phi) is 6.60. The first-order chi connectivity index (χ1) is 5.98. The van der Waals surface area contributed by atoms with Crippen LogP contribution in [0.4, 0.5) is 0 Å². The minimum Gasteiger partial charge on any atom is -0.369 e. The average Bonchev–Trinajstić information content (AvgIpc) is 1.95. The van der Waals surface area contributed by atoms with Crippen LogP contribution in [0.25, 0.3) is 0 Å². The normalized spacial score (nSPS) is 11.5. The van der Waals surface area contributed by atoms with Gasteiger partial charge in [-0.2, -0.15) is 8.42 Å². The molecule has 5 nitrogen and oxygen atoms in total. The first-order valence-corrected chi connectivity index (χ1v) is 6.79. The lowest BCUT2D eigenvalue weighted by Crippen LogP contribution is -2.24. The van der Waals surface area contributed by atoms with Gasteiger partial charge in [-0.05, 0) is 17.3 Å². The van der Waals surface area contributed by atoms with Gasteiger partial charge in [0, 0.05) is 0 Å². The van der Waals surface area contributed by atoms with Gasteiger partial charge in [0.2, 0.25) is 5.91 Å². The van der Waals surface area contributed by atoms with Crippen LogP contribution >= 0.6 is 22.6 Å². The Morgan fingerprint density at radius 2 is 2.00 bits per heavy atom. The fourth-order valence-electron chi connectivity index (χ4n) is 0.598. The Balaban J connectivity index is 3.71. The molecule has 0 atom stereocenters. The summed E-state index contributed by atoms with van der Waals surface area (Å²) in [7, 11) is -3.74. The summed E-state index contributed by atoms with van der Waals surface area (Å²) < 4.78 is 27.2. The molecule has 0 aliphatic carbocycles. The molecule has 0 fully saturated rings. The highest BCUT2D eigenvalue weighted by atomic mass is 127. The van der Waals surface area contributed by atoms with Crippen molar-refractivity contribution in [2.24, 2.45) is 5.73 Å². The molecule has 7 heteroatoms. The van der Waals surface area contributed by atoms with Gasteiger partial charge in [0.25, 0.3) is 10.1 Å². The molecule has 0 aromatic carbocycles. The second kappa shape index (κ2) is 6.55. The van der Waals surface area contributed by atoms with E-state index in [1.54, 1.807) is 0 Å². The molecule has 0 aromatic heterocycles. The monoisotopic (exact) mass is 321 g/mol. The number of halogens is 1. The standard InChI is InChI=1S/C6H12INO4S/c7-3-1-2-4-12-13(10,11)5-6(8)9/h1-5H2,(H2,8,9). The van der Waals surface area contributed by atoms with Crippen molar-refractivity contribution in [2.75, 3.05) is 16.8 Å². The number of carbonyl (C=O) groups excluding carboxylic acids is 1. The summed E-state index contributed by atoms with van der Waals surface area (Å²) in [6.45, 7) is 0.124. The van der Waals surface area contributed by atoms with Crippen molar-refractivity contribution >= 4 is 38.6 Å². The fraction of sp³-hybridized carbons (Fsp3) is 0.833. The van der Waals surface area contributed by atoms with Crippen LogP contribution in [-0.4, -0.2) is 31.1 Å². The van der Waals surface area contributed by atoms with Crippen LogP contribution in [0.15, 0.2) is 0 Å². The molecule has 78 valence electrons. The molecule has 2 N–H and O–H groups in total. The Labute approximate surface area is 91.3 Å². The third-order valence-electron chi connectivity index (χ3n) is 1.11. The van der Waals surface area contributed by atoms with E-state index in [9.17, 15) is 13.2 Å². The number of nitrogens with two attached hydrogens (primary N) is 1. The zero-order valence-corrected chi connectivity index (χ0v) is 10.0.